The Bertz CT molecular complexity index is 842. The van der Waals surface area contributed by atoms with E-state index in [-0.39, 0.29) is 24.6 Å². The van der Waals surface area contributed by atoms with E-state index in [0.717, 1.165) is 5.56 Å². The SMILES string of the molecule is CCOC(=O)c1cnc2c(C)cc(F)cc2c1N1CC(C)OC(COC)C1. The minimum atomic E-state index is -0.466. The summed E-state index contributed by atoms with van der Waals surface area (Å²) in [6, 6.07) is 2.87. The van der Waals surface area contributed by atoms with Gasteiger partial charge >= 0.3 is 5.97 Å². The molecule has 1 fully saturated rings. The second-order valence-electron chi connectivity index (χ2n) is 6.79. The molecule has 1 aliphatic heterocycles. The van der Waals surface area contributed by atoms with Gasteiger partial charge in [0.25, 0.3) is 0 Å². The van der Waals surface area contributed by atoms with Crippen LogP contribution in [0.5, 0.6) is 0 Å². The fraction of sp³-hybridized carbons (Fsp3) is 0.500. The van der Waals surface area contributed by atoms with Crippen molar-refractivity contribution in [1.82, 2.24) is 4.98 Å². The highest BCUT2D eigenvalue weighted by atomic mass is 19.1. The van der Waals surface area contributed by atoms with Crippen LogP contribution in [0.15, 0.2) is 18.3 Å². The molecule has 1 aromatic carbocycles. The molecule has 0 amide bonds. The lowest BCUT2D eigenvalue weighted by Crippen LogP contribution is -2.48. The van der Waals surface area contributed by atoms with Crippen LogP contribution in [0.25, 0.3) is 10.9 Å². The summed E-state index contributed by atoms with van der Waals surface area (Å²) in [5, 5.41) is 0.600. The number of carbonyl (C=O) groups excluding carboxylic acids is 1. The highest BCUT2D eigenvalue weighted by molar-refractivity contribution is 6.06. The lowest BCUT2D eigenvalue weighted by Gasteiger charge is -2.39. The summed E-state index contributed by atoms with van der Waals surface area (Å²) in [6.07, 6.45) is 1.31. The molecule has 2 heterocycles. The standard InChI is InChI=1S/C20H25FN2O4/c1-5-26-20(24)17-8-22-18-12(2)6-14(21)7-16(18)19(17)23-9-13(3)27-15(10-23)11-25-4/h6-8,13,15H,5,9-11H2,1-4H3. The molecule has 3 rings (SSSR count). The number of esters is 1. The van der Waals surface area contributed by atoms with Crippen molar-refractivity contribution in [1.29, 1.82) is 0 Å². The zero-order valence-corrected chi connectivity index (χ0v) is 16.1. The number of aryl methyl sites for hydroxylation is 1. The zero-order valence-electron chi connectivity index (χ0n) is 16.1. The first-order valence-electron chi connectivity index (χ1n) is 9.09. The second kappa shape index (κ2) is 8.19. The van der Waals surface area contributed by atoms with Crippen molar-refractivity contribution in [3.8, 4) is 0 Å². The normalized spacial score (nSPS) is 20.1. The van der Waals surface area contributed by atoms with Crippen molar-refractivity contribution < 1.29 is 23.4 Å². The van der Waals surface area contributed by atoms with E-state index in [0.29, 0.717) is 41.9 Å². The van der Waals surface area contributed by atoms with E-state index in [1.165, 1.54) is 18.3 Å². The van der Waals surface area contributed by atoms with Gasteiger partial charge in [-0.05, 0) is 38.5 Å². The first kappa shape index (κ1) is 19.5. The van der Waals surface area contributed by atoms with Crippen molar-refractivity contribution in [3.63, 3.8) is 0 Å². The van der Waals surface area contributed by atoms with Gasteiger partial charge in [0.15, 0.2) is 0 Å². The Labute approximate surface area is 158 Å². The molecule has 6 nitrogen and oxygen atoms in total. The third-order valence-electron chi connectivity index (χ3n) is 4.59. The molecule has 0 spiro atoms. The number of methoxy groups -OCH3 is 1. The number of hydrogen-bond acceptors (Lipinski definition) is 6. The van der Waals surface area contributed by atoms with E-state index in [4.69, 9.17) is 14.2 Å². The summed E-state index contributed by atoms with van der Waals surface area (Å²) in [5.74, 6) is -0.829. The van der Waals surface area contributed by atoms with Gasteiger partial charge in [0.05, 0.1) is 36.6 Å². The summed E-state index contributed by atoms with van der Waals surface area (Å²) in [4.78, 5) is 19.0. The van der Waals surface area contributed by atoms with Gasteiger partial charge in [0, 0.05) is 31.8 Å². The Hall–Kier alpha value is -2.25. The molecule has 2 aromatic rings. The average molecular weight is 376 g/mol. The molecule has 0 radical (unpaired) electrons. The number of aromatic nitrogens is 1. The van der Waals surface area contributed by atoms with Gasteiger partial charge in [-0.3, -0.25) is 4.98 Å². The van der Waals surface area contributed by atoms with Crippen LogP contribution in [0, 0.1) is 12.7 Å². The van der Waals surface area contributed by atoms with Gasteiger partial charge in [-0.2, -0.15) is 0 Å². The smallest absolute Gasteiger partial charge is 0.341 e. The summed E-state index contributed by atoms with van der Waals surface area (Å²) < 4.78 is 30.6. The molecule has 1 aromatic heterocycles. The maximum atomic E-state index is 14.2. The summed E-state index contributed by atoms with van der Waals surface area (Å²) in [6.45, 7) is 7.31. The number of anilines is 1. The molecule has 1 aliphatic rings. The number of benzene rings is 1. The molecule has 7 heteroatoms. The number of pyridine rings is 1. The Kier molecular flexibility index (Phi) is 5.92. The van der Waals surface area contributed by atoms with Gasteiger partial charge in [-0.25, -0.2) is 9.18 Å². The number of fused-ring (bicyclic) bond motifs is 1. The average Bonchev–Trinajstić information content (AvgIpc) is 2.60. The van der Waals surface area contributed by atoms with Crippen LogP contribution in [-0.2, 0) is 14.2 Å². The Morgan fingerprint density at radius 2 is 2.19 bits per heavy atom. The van der Waals surface area contributed by atoms with Gasteiger partial charge in [-0.1, -0.05) is 0 Å². The highest BCUT2D eigenvalue weighted by Crippen LogP contribution is 2.34. The number of hydrogen-bond donors (Lipinski definition) is 0. The third-order valence-corrected chi connectivity index (χ3v) is 4.59. The largest absolute Gasteiger partial charge is 0.462 e. The molecule has 0 saturated carbocycles. The number of nitrogens with zero attached hydrogens (tertiary/aromatic N) is 2. The lowest BCUT2D eigenvalue weighted by molar-refractivity contribution is -0.0510. The van der Waals surface area contributed by atoms with E-state index in [1.54, 1.807) is 14.0 Å². The predicted molar refractivity (Wildman–Crippen MR) is 101 cm³/mol. The quantitative estimate of drug-likeness (QED) is 0.748. The number of morpholine rings is 1. The second-order valence-corrected chi connectivity index (χ2v) is 6.79. The molecule has 27 heavy (non-hydrogen) atoms. The number of rotatable bonds is 5. The molecule has 1 saturated heterocycles. The van der Waals surface area contributed by atoms with E-state index in [9.17, 15) is 9.18 Å². The maximum absolute atomic E-state index is 14.2. The zero-order chi connectivity index (χ0) is 19.6. The van der Waals surface area contributed by atoms with Crippen LogP contribution >= 0.6 is 0 Å². The predicted octanol–water partition coefficient (Wildman–Crippen LogP) is 3.10. The summed E-state index contributed by atoms with van der Waals surface area (Å²) in [5.41, 5.74) is 2.36. The minimum Gasteiger partial charge on any atom is -0.462 e. The molecule has 0 N–H and O–H groups in total. The monoisotopic (exact) mass is 376 g/mol. The molecule has 146 valence electrons. The van der Waals surface area contributed by atoms with Crippen molar-refractivity contribution in [2.75, 3.05) is 38.3 Å². The molecule has 2 atom stereocenters. The van der Waals surface area contributed by atoms with Gasteiger partial charge < -0.3 is 19.1 Å². The molecule has 0 aliphatic carbocycles. The van der Waals surface area contributed by atoms with Crippen LogP contribution < -0.4 is 4.90 Å². The number of carbonyl (C=O) groups is 1. The lowest BCUT2D eigenvalue weighted by atomic mass is 10.0. The van der Waals surface area contributed by atoms with Crippen LogP contribution in [0.2, 0.25) is 0 Å². The van der Waals surface area contributed by atoms with Crippen LogP contribution in [-0.4, -0.2) is 56.6 Å². The van der Waals surface area contributed by atoms with Gasteiger partial charge in [0.1, 0.15) is 11.4 Å². The molecule has 0 bridgehead atoms. The van der Waals surface area contributed by atoms with Crippen LogP contribution in [0.1, 0.15) is 29.8 Å². The van der Waals surface area contributed by atoms with Crippen LogP contribution in [0.4, 0.5) is 10.1 Å². The number of halogens is 1. The first-order valence-corrected chi connectivity index (χ1v) is 9.09. The van der Waals surface area contributed by atoms with Gasteiger partial charge in [-0.15, -0.1) is 0 Å². The maximum Gasteiger partial charge on any atom is 0.341 e. The Morgan fingerprint density at radius 1 is 1.41 bits per heavy atom. The van der Waals surface area contributed by atoms with E-state index in [2.05, 4.69) is 4.98 Å². The van der Waals surface area contributed by atoms with E-state index < -0.39 is 5.97 Å². The topological polar surface area (TPSA) is 60.9 Å². The fourth-order valence-electron chi connectivity index (χ4n) is 3.63. The van der Waals surface area contributed by atoms with Crippen LogP contribution in [0.3, 0.4) is 0 Å². The molecular weight excluding hydrogens is 351 g/mol. The van der Waals surface area contributed by atoms with Gasteiger partial charge in [0.2, 0.25) is 0 Å². The fourth-order valence-corrected chi connectivity index (χ4v) is 3.63. The number of ether oxygens (including phenoxy) is 3. The van der Waals surface area contributed by atoms with Crippen molar-refractivity contribution in [3.05, 3.63) is 35.3 Å². The summed E-state index contributed by atoms with van der Waals surface area (Å²) in [7, 11) is 1.62. The molecule has 2 unspecified atom stereocenters. The minimum absolute atomic E-state index is 0.0631. The highest BCUT2D eigenvalue weighted by Gasteiger charge is 2.30. The van der Waals surface area contributed by atoms with Crippen molar-refractivity contribution in [2.24, 2.45) is 0 Å². The summed E-state index contributed by atoms with van der Waals surface area (Å²) >= 11 is 0. The van der Waals surface area contributed by atoms with E-state index in [1.807, 2.05) is 18.7 Å². The molecular formula is C20H25FN2O4. The first-order chi connectivity index (χ1) is 12.9. The Balaban J connectivity index is 2.17. The van der Waals surface area contributed by atoms with E-state index >= 15 is 0 Å². The van der Waals surface area contributed by atoms with Crippen molar-refractivity contribution >= 4 is 22.6 Å². The Morgan fingerprint density at radius 3 is 2.89 bits per heavy atom. The van der Waals surface area contributed by atoms with Crippen molar-refractivity contribution in [2.45, 2.75) is 33.0 Å². The third kappa shape index (κ3) is 4.04.